The van der Waals surface area contributed by atoms with E-state index < -0.39 is 23.4 Å². The third kappa shape index (κ3) is 3.03. The van der Waals surface area contributed by atoms with Gasteiger partial charge in [0.05, 0.1) is 18.4 Å². The Bertz CT molecular complexity index is 908. The van der Waals surface area contributed by atoms with E-state index in [1.54, 1.807) is 0 Å². The fraction of sp³-hybridized carbons (Fsp3) is 0.353. The van der Waals surface area contributed by atoms with E-state index in [9.17, 15) is 18.8 Å². The lowest BCUT2D eigenvalue weighted by atomic mass is 9.70. The lowest BCUT2D eigenvalue weighted by Gasteiger charge is -2.40. The molecule has 1 aromatic carbocycles. The molecule has 0 spiro atoms. The third-order valence-corrected chi connectivity index (χ3v) is 5.08. The lowest BCUT2D eigenvalue weighted by molar-refractivity contribution is -0.126. The zero-order valence-corrected chi connectivity index (χ0v) is 14.2. The minimum absolute atomic E-state index is 0.0147. The van der Waals surface area contributed by atoms with Gasteiger partial charge in [-0.15, -0.1) is 5.10 Å². The molecular weight excluding hydrogens is 355 g/mol. The van der Waals surface area contributed by atoms with E-state index in [1.807, 2.05) is 0 Å². The van der Waals surface area contributed by atoms with Crippen molar-refractivity contribution >= 4 is 17.8 Å². The van der Waals surface area contributed by atoms with E-state index in [0.29, 0.717) is 5.69 Å². The molecule has 0 bridgehead atoms. The number of hydrogen-bond donors (Lipinski definition) is 3. The molecule has 1 aliphatic carbocycles. The van der Waals surface area contributed by atoms with E-state index in [0.717, 1.165) is 19.3 Å². The van der Waals surface area contributed by atoms with Gasteiger partial charge in [-0.3, -0.25) is 14.9 Å². The van der Waals surface area contributed by atoms with Crippen molar-refractivity contribution in [3.8, 4) is 5.69 Å². The number of nitrogens with one attached hydrogen (secondary N) is 3. The van der Waals surface area contributed by atoms with Crippen LogP contribution in [0.3, 0.4) is 0 Å². The molecular formula is C17H17FN6O3. The van der Waals surface area contributed by atoms with Crippen LogP contribution in [0.5, 0.6) is 0 Å². The first-order chi connectivity index (χ1) is 13.0. The first-order valence-electron chi connectivity index (χ1n) is 8.58. The Morgan fingerprint density at radius 3 is 2.63 bits per heavy atom. The highest BCUT2D eigenvalue weighted by Crippen LogP contribution is 2.37. The number of imide groups is 1. The number of carbonyl (C=O) groups excluding carboxylic acids is 3. The SMILES string of the molecule is O=C1NC(=O)[C@](CNC(=O)c2cnn(-c3ccc(F)cc3)n2)(C2CCC2)N1. The van der Waals surface area contributed by atoms with E-state index >= 15 is 0 Å². The number of amides is 4. The maximum absolute atomic E-state index is 13.0. The molecule has 3 N–H and O–H groups in total. The Morgan fingerprint density at radius 2 is 2.04 bits per heavy atom. The van der Waals surface area contributed by atoms with E-state index in [4.69, 9.17) is 0 Å². The highest BCUT2D eigenvalue weighted by atomic mass is 19.1. The Kier molecular flexibility index (Phi) is 4.09. The van der Waals surface area contributed by atoms with Gasteiger partial charge in [-0.25, -0.2) is 9.18 Å². The van der Waals surface area contributed by atoms with Gasteiger partial charge in [-0.1, -0.05) is 6.42 Å². The molecule has 2 fully saturated rings. The van der Waals surface area contributed by atoms with E-state index in [1.165, 1.54) is 35.3 Å². The summed E-state index contributed by atoms with van der Waals surface area (Å²) in [6.45, 7) is -0.0303. The summed E-state index contributed by atoms with van der Waals surface area (Å²) in [4.78, 5) is 37.5. The Hall–Kier alpha value is -3.30. The topological polar surface area (TPSA) is 118 Å². The average molecular weight is 372 g/mol. The van der Waals surface area contributed by atoms with Crippen LogP contribution in [0.2, 0.25) is 0 Å². The molecule has 10 heteroatoms. The van der Waals surface area contributed by atoms with Crippen LogP contribution >= 0.6 is 0 Å². The predicted octanol–water partition coefficient (Wildman–Crippen LogP) is 0.514. The first-order valence-corrected chi connectivity index (χ1v) is 8.58. The summed E-state index contributed by atoms with van der Waals surface area (Å²) >= 11 is 0. The van der Waals surface area contributed by atoms with Gasteiger partial charge in [0.15, 0.2) is 5.69 Å². The smallest absolute Gasteiger partial charge is 0.322 e. The molecule has 0 unspecified atom stereocenters. The highest BCUT2D eigenvalue weighted by Gasteiger charge is 2.53. The summed E-state index contributed by atoms with van der Waals surface area (Å²) in [7, 11) is 0. The lowest BCUT2D eigenvalue weighted by Crippen LogP contribution is -2.61. The number of halogens is 1. The van der Waals surface area contributed by atoms with Crippen molar-refractivity contribution < 1.29 is 18.8 Å². The van der Waals surface area contributed by atoms with Crippen molar-refractivity contribution in [2.24, 2.45) is 5.92 Å². The maximum Gasteiger partial charge on any atom is 0.322 e. The van der Waals surface area contributed by atoms with Gasteiger partial charge in [-0.05, 0) is 43.0 Å². The van der Waals surface area contributed by atoms with E-state index in [2.05, 4.69) is 26.1 Å². The molecule has 140 valence electrons. The molecule has 1 saturated heterocycles. The summed E-state index contributed by atoms with van der Waals surface area (Å²) in [5.41, 5.74) is -0.575. The molecule has 1 atom stereocenters. The molecule has 9 nitrogen and oxygen atoms in total. The van der Waals surface area contributed by atoms with Gasteiger partial charge in [-0.2, -0.15) is 9.90 Å². The van der Waals surface area contributed by atoms with Crippen LogP contribution in [0, 0.1) is 11.7 Å². The summed E-state index contributed by atoms with van der Waals surface area (Å²) < 4.78 is 13.0. The van der Waals surface area contributed by atoms with Crippen LogP contribution in [-0.4, -0.2) is 44.9 Å². The highest BCUT2D eigenvalue weighted by molar-refractivity contribution is 6.08. The molecule has 27 heavy (non-hydrogen) atoms. The van der Waals surface area contributed by atoms with Gasteiger partial charge >= 0.3 is 6.03 Å². The molecule has 1 saturated carbocycles. The number of carbonyl (C=O) groups is 3. The summed E-state index contributed by atoms with van der Waals surface area (Å²) in [6.07, 6.45) is 3.88. The second-order valence-electron chi connectivity index (χ2n) is 6.69. The second kappa shape index (κ2) is 6.45. The van der Waals surface area contributed by atoms with Crippen molar-refractivity contribution in [1.29, 1.82) is 0 Å². The summed E-state index contributed by atoms with van der Waals surface area (Å²) in [6, 6.07) is 4.95. The second-order valence-corrected chi connectivity index (χ2v) is 6.69. The number of urea groups is 1. The fourth-order valence-corrected chi connectivity index (χ4v) is 3.34. The fourth-order valence-electron chi connectivity index (χ4n) is 3.34. The average Bonchev–Trinajstić information content (AvgIpc) is 3.18. The largest absolute Gasteiger partial charge is 0.348 e. The van der Waals surface area contributed by atoms with Gasteiger partial charge < -0.3 is 10.6 Å². The van der Waals surface area contributed by atoms with Crippen LogP contribution in [-0.2, 0) is 4.79 Å². The van der Waals surface area contributed by atoms with Crippen LogP contribution in [0.4, 0.5) is 9.18 Å². The van der Waals surface area contributed by atoms with Crippen LogP contribution in [0.15, 0.2) is 30.5 Å². The zero-order valence-electron chi connectivity index (χ0n) is 14.2. The molecule has 2 aliphatic rings. The van der Waals surface area contributed by atoms with E-state index in [-0.39, 0.29) is 24.0 Å². The molecule has 4 rings (SSSR count). The van der Waals surface area contributed by atoms with Crippen molar-refractivity contribution in [3.05, 3.63) is 42.0 Å². The Balaban J connectivity index is 1.47. The van der Waals surface area contributed by atoms with Crippen LogP contribution in [0.25, 0.3) is 5.69 Å². The van der Waals surface area contributed by atoms with Crippen molar-refractivity contribution in [3.63, 3.8) is 0 Å². The number of aromatic nitrogens is 3. The van der Waals surface area contributed by atoms with Crippen LogP contribution < -0.4 is 16.0 Å². The molecule has 4 amide bonds. The maximum atomic E-state index is 13.0. The molecule has 2 aromatic rings. The predicted molar refractivity (Wildman–Crippen MR) is 90.4 cm³/mol. The summed E-state index contributed by atoms with van der Waals surface area (Å²) in [5, 5.41) is 15.7. The standard InChI is InChI=1S/C17H17FN6O3/c18-11-4-6-12(7-5-11)24-20-8-13(23-24)14(25)19-9-17(10-2-1-3-10)15(26)21-16(27)22-17/h4-8,10H,1-3,9H2,(H,19,25)(H2,21,22,26,27)/t17-/m0/s1. The zero-order chi connectivity index (χ0) is 19.0. The quantitative estimate of drug-likeness (QED) is 0.661. The van der Waals surface area contributed by atoms with Crippen LogP contribution in [0.1, 0.15) is 29.8 Å². The number of nitrogens with zero attached hydrogens (tertiary/aromatic N) is 3. The first kappa shape index (κ1) is 17.1. The normalized spacial score (nSPS) is 22.1. The van der Waals surface area contributed by atoms with Gasteiger partial charge in [0.2, 0.25) is 0 Å². The molecule has 1 aromatic heterocycles. The monoisotopic (exact) mass is 372 g/mol. The molecule has 0 radical (unpaired) electrons. The molecule has 1 aliphatic heterocycles. The van der Waals surface area contributed by atoms with Crippen molar-refractivity contribution in [2.45, 2.75) is 24.8 Å². The van der Waals surface area contributed by atoms with Crippen molar-refractivity contribution in [2.75, 3.05) is 6.54 Å². The Morgan fingerprint density at radius 1 is 1.30 bits per heavy atom. The summed E-state index contributed by atoms with van der Waals surface area (Å²) in [5.74, 6) is -1.34. The van der Waals surface area contributed by atoms with Crippen molar-refractivity contribution in [1.82, 2.24) is 30.9 Å². The minimum atomic E-state index is -1.13. The molecule has 2 heterocycles. The Labute approximate surface area is 153 Å². The third-order valence-electron chi connectivity index (χ3n) is 5.08. The number of rotatable bonds is 5. The minimum Gasteiger partial charge on any atom is -0.348 e. The van der Waals surface area contributed by atoms with Gasteiger partial charge in [0, 0.05) is 0 Å². The van der Waals surface area contributed by atoms with Gasteiger partial charge in [0.1, 0.15) is 11.4 Å². The number of benzene rings is 1. The number of hydrogen-bond acceptors (Lipinski definition) is 5. The van der Waals surface area contributed by atoms with Gasteiger partial charge in [0.25, 0.3) is 11.8 Å².